The van der Waals surface area contributed by atoms with Crippen molar-refractivity contribution in [1.82, 2.24) is 15.5 Å². The maximum atomic E-state index is 11.8. The molecular weight excluding hydrogens is 320 g/mol. The molecule has 1 amide bonds. The second-order valence-corrected chi connectivity index (χ2v) is 7.28. The predicted molar refractivity (Wildman–Crippen MR) is 104 cm³/mol. The van der Waals surface area contributed by atoms with Crippen LogP contribution in [0.2, 0.25) is 0 Å². The van der Waals surface area contributed by atoms with Crippen molar-refractivity contribution in [3.05, 3.63) is 22.4 Å². The van der Waals surface area contributed by atoms with Crippen molar-refractivity contribution < 1.29 is 4.79 Å². The summed E-state index contributed by atoms with van der Waals surface area (Å²) in [5.41, 5.74) is 0. The normalized spacial score (nSPS) is 12.8. The van der Waals surface area contributed by atoms with Crippen molar-refractivity contribution in [3.8, 4) is 0 Å². The first-order valence-corrected chi connectivity index (χ1v) is 9.68. The number of hydrogen-bond acceptors (Lipinski definition) is 3. The number of likely N-dealkylation sites (N-methyl/N-ethyl adjacent to an activating group) is 1. The molecule has 0 fully saturated rings. The van der Waals surface area contributed by atoms with Crippen LogP contribution in [0.15, 0.2) is 22.5 Å². The fourth-order valence-corrected chi connectivity index (χ4v) is 2.91. The zero-order valence-electron chi connectivity index (χ0n) is 15.5. The number of aliphatic imine (C=N–C) groups is 1. The highest BCUT2D eigenvalue weighted by Crippen LogP contribution is 2.08. The van der Waals surface area contributed by atoms with Crippen LogP contribution in [0.1, 0.15) is 44.4 Å². The summed E-state index contributed by atoms with van der Waals surface area (Å²) in [7, 11) is 3.51. The number of nitrogens with one attached hydrogen (secondary N) is 2. The second kappa shape index (κ2) is 11.9. The largest absolute Gasteiger partial charge is 0.356 e. The monoisotopic (exact) mass is 352 g/mol. The number of unbranched alkanes of at least 4 members (excludes halogenated alkanes) is 2. The third-order valence-corrected chi connectivity index (χ3v) is 4.68. The van der Waals surface area contributed by atoms with E-state index >= 15 is 0 Å². The van der Waals surface area contributed by atoms with E-state index in [-0.39, 0.29) is 12.5 Å². The molecule has 136 valence electrons. The highest BCUT2D eigenvalue weighted by Gasteiger charge is 2.08. The molecule has 1 aromatic rings. The topological polar surface area (TPSA) is 56.7 Å². The van der Waals surface area contributed by atoms with Crippen LogP contribution in [0.3, 0.4) is 0 Å². The molecule has 0 aliphatic carbocycles. The number of amides is 1. The van der Waals surface area contributed by atoms with Gasteiger partial charge in [-0.25, -0.2) is 4.99 Å². The Morgan fingerprint density at radius 2 is 2.17 bits per heavy atom. The Bertz CT molecular complexity index is 485. The molecule has 1 atom stereocenters. The molecular formula is C18H32N4OS. The zero-order chi connectivity index (χ0) is 17.8. The Kier molecular flexibility index (Phi) is 10.2. The molecule has 2 N–H and O–H groups in total. The molecule has 1 unspecified atom stereocenters. The molecule has 1 heterocycles. The van der Waals surface area contributed by atoms with Crippen molar-refractivity contribution in [3.63, 3.8) is 0 Å². The Morgan fingerprint density at radius 1 is 1.38 bits per heavy atom. The zero-order valence-corrected chi connectivity index (χ0v) is 16.3. The van der Waals surface area contributed by atoms with Crippen LogP contribution in [0.25, 0.3) is 0 Å². The van der Waals surface area contributed by atoms with E-state index in [1.807, 2.05) is 0 Å². The fraction of sp³-hybridized carbons (Fsp3) is 0.667. The van der Waals surface area contributed by atoms with Gasteiger partial charge in [0.25, 0.3) is 0 Å². The highest BCUT2D eigenvalue weighted by molar-refractivity contribution is 7.09. The molecule has 0 radical (unpaired) electrons. The maximum absolute atomic E-state index is 11.8. The molecule has 0 aliphatic heterocycles. The average molecular weight is 353 g/mol. The quantitative estimate of drug-likeness (QED) is 0.387. The molecule has 0 aromatic carbocycles. The molecule has 24 heavy (non-hydrogen) atoms. The van der Waals surface area contributed by atoms with Crippen molar-refractivity contribution >= 4 is 23.2 Å². The summed E-state index contributed by atoms with van der Waals surface area (Å²) < 4.78 is 0. The number of rotatable bonds is 10. The lowest BCUT2D eigenvalue weighted by molar-refractivity contribution is -0.127. The minimum Gasteiger partial charge on any atom is -0.356 e. The molecule has 0 saturated heterocycles. The molecule has 1 rings (SSSR count). The molecule has 0 aliphatic rings. The second-order valence-electron chi connectivity index (χ2n) is 6.25. The minimum atomic E-state index is 0.00740. The van der Waals surface area contributed by atoms with E-state index in [1.165, 1.54) is 24.1 Å². The molecule has 0 bridgehead atoms. The number of hydrogen-bond donors (Lipinski definition) is 2. The smallest absolute Gasteiger partial charge is 0.243 e. The van der Waals surface area contributed by atoms with Gasteiger partial charge < -0.3 is 15.5 Å². The number of carbonyl (C=O) groups excluding carboxylic acids is 1. The van der Waals surface area contributed by atoms with Crippen LogP contribution in [0.5, 0.6) is 0 Å². The summed E-state index contributed by atoms with van der Waals surface area (Å²) >= 11 is 1.76. The first-order valence-electron chi connectivity index (χ1n) is 8.80. The van der Waals surface area contributed by atoms with Gasteiger partial charge in [0.15, 0.2) is 5.96 Å². The number of thiophene rings is 1. The van der Waals surface area contributed by atoms with Crippen LogP contribution in [0.4, 0.5) is 0 Å². The van der Waals surface area contributed by atoms with Gasteiger partial charge in [-0.15, -0.1) is 11.3 Å². The Hall–Kier alpha value is -1.56. The fourth-order valence-electron chi connectivity index (χ4n) is 2.21. The molecule has 0 saturated carbocycles. The minimum absolute atomic E-state index is 0.00740. The molecule has 5 nitrogen and oxygen atoms in total. The summed E-state index contributed by atoms with van der Waals surface area (Å²) in [5, 5.41) is 8.86. The van der Waals surface area contributed by atoms with Gasteiger partial charge in [-0.3, -0.25) is 4.79 Å². The summed E-state index contributed by atoms with van der Waals surface area (Å²) in [5.74, 6) is 0.735. The summed E-state index contributed by atoms with van der Waals surface area (Å²) in [4.78, 5) is 19.1. The first-order chi connectivity index (χ1) is 11.5. The van der Waals surface area contributed by atoms with E-state index in [0.29, 0.717) is 6.04 Å². The van der Waals surface area contributed by atoms with E-state index in [4.69, 9.17) is 0 Å². The van der Waals surface area contributed by atoms with Crippen LogP contribution < -0.4 is 10.6 Å². The summed E-state index contributed by atoms with van der Waals surface area (Å²) in [6, 6.07) is 4.55. The highest BCUT2D eigenvalue weighted by atomic mass is 32.1. The first kappa shape index (κ1) is 20.5. The van der Waals surface area contributed by atoms with E-state index < -0.39 is 0 Å². The lowest BCUT2D eigenvalue weighted by Crippen LogP contribution is -2.43. The van der Waals surface area contributed by atoms with Crippen molar-refractivity contribution in [2.45, 2.75) is 52.0 Å². The molecule has 0 spiro atoms. The van der Waals surface area contributed by atoms with E-state index in [0.717, 1.165) is 25.3 Å². The van der Waals surface area contributed by atoms with Crippen molar-refractivity contribution in [2.75, 3.05) is 27.2 Å². The molecule has 6 heteroatoms. The van der Waals surface area contributed by atoms with Gasteiger partial charge in [-0.05, 0) is 31.2 Å². The lowest BCUT2D eigenvalue weighted by atomic mass is 10.1. The SMILES string of the molecule is CCCCCC(C)NC(=NCC(=O)N(C)C)NCCc1cccs1. The third kappa shape index (κ3) is 8.91. The van der Waals surface area contributed by atoms with Crippen LogP contribution in [0, 0.1) is 0 Å². The Morgan fingerprint density at radius 3 is 2.79 bits per heavy atom. The van der Waals surface area contributed by atoms with E-state index in [2.05, 4.69) is 47.0 Å². The van der Waals surface area contributed by atoms with Gasteiger partial charge in [0, 0.05) is 31.6 Å². The summed E-state index contributed by atoms with van der Waals surface area (Å²) in [6.07, 6.45) is 5.77. The standard InChI is InChI=1S/C18H32N4OS/c1-5-6-7-9-15(2)21-18(20-14-17(23)22(3)4)19-12-11-16-10-8-13-24-16/h8,10,13,15H,5-7,9,11-12,14H2,1-4H3,(H2,19,20,21). The van der Waals surface area contributed by atoms with Gasteiger partial charge in [-0.2, -0.15) is 0 Å². The van der Waals surface area contributed by atoms with Crippen LogP contribution in [-0.4, -0.2) is 50.0 Å². The van der Waals surface area contributed by atoms with E-state index in [1.54, 1.807) is 30.3 Å². The number of guanidine groups is 1. The summed E-state index contributed by atoms with van der Waals surface area (Å²) in [6.45, 7) is 5.36. The van der Waals surface area contributed by atoms with Gasteiger partial charge in [0.05, 0.1) is 0 Å². The lowest BCUT2D eigenvalue weighted by Gasteiger charge is -2.18. The van der Waals surface area contributed by atoms with Gasteiger partial charge in [0.2, 0.25) is 5.91 Å². The van der Waals surface area contributed by atoms with Crippen LogP contribution in [-0.2, 0) is 11.2 Å². The average Bonchev–Trinajstić information content (AvgIpc) is 3.05. The van der Waals surface area contributed by atoms with E-state index in [9.17, 15) is 4.79 Å². The van der Waals surface area contributed by atoms with Crippen LogP contribution >= 0.6 is 11.3 Å². The number of nitrogens with zero attached hydrogens (tertiary/aromatic N) is 2. The van der Waals surface area contributed by atoms with Crippen molar-refractivity contribution in [2.24, 2.45) is 4.99 Å². The van der Waals surface area contributed by atoms with Gasteiger partial charge in [0.1, 0.15) is 6.54 Å². The van der Waals surface area contributed by atoms with Crippen molar-refractivity contribution in [1.29, 1.82) is 0 Å². The Labute approximate surface area is 150 Å². The maximum Gasteiger partial charge on any atom is 0.243 e. The number of carbonyl (C=O) groups is 1. The van der Waals surface area contributed by atoms with Gasteiger partial charge in [-0.1, -0.05) is 32.3 Å². The Balaban J connectivity index is 2.50. The predicted octanol–water partition coefficient (Wildman–Crippen LogP) is 2.88. The molecule has 1 aromatic heterocycles. The van der Waals surface area contributed by atoms with Gasteiger partial charge >= 0.3 is 0 Å². The third-order valence-electron chi connectivity index (χ3n) is 3.74.